The van der Waals surface area contributed by atoms with E-state index in [2.05, 4.69) is 15.4 Å². The van der Waals surface area contributed by atoms with E-state index in [9.17, 15) is 13.2 Å². The normalized spacial score (nSPS) is 12.2. The molecule has 0 fully saturated rings. The highest BCUT2D eigenvalue weighted by Crippen LogP contribution is 2.18. The van der Waals surface area contributed by atoms with Crippen molar-refractivity contribution in [3.05, 3.63) is 65.7 Å². The van der Waals surface area contributed by atoms with Gasteiger partial charge in [-0.25, -0.2) is 13.2 Å². The van der Waals surface area contributed by atoms with Crippen LogP contribution >= 0.6 is 0 Å². The zero-order valence-corrected chi connectivity index (χ0v) is 15.1. The smallest absolute Gasteiger partial charge is 0.315 e. The molecule has 3 N–H and O–H groups in total. The Hall–Kier alpha value is -2.54. The molecule has 0 aliphatic heterocycles. The third-order valence-electron chi connectivity index (χ3n) is 3.58. The summed E-state index contributed by atoms with van der Waals surface area (Å²) < 4.78 is 25.0. The van der Waals surface area contributed by atoms with Crippen molar-refractivity contribution < 1.29 is 13.2 Å². The lowest BCUT2D eigenvalue weighted by Crippen LogP contribution is -2.38. The van der Waals surface area contributed by atoms with Gasteiger partial charge in [-0.15, -0.1) is 0 Å². The zero-order valence-electron chi connectivity index (χ0n) is 14.3. The molecular formula is C18H23N3O3S. The number of amides is 2. The molecule has 0 aliphatic rings. The van der Waals surface area contributed by atoms with Crippen molar-refractivity contribution >= 4 is 21.7 Å². The summed E-state index contributed by atoms with van der Waals surface area (Å²) in [5, 5.41) is 5.67. The fraction of sp³-hybridized carbons (Fsp3) is 0.278. The minimum Gasteiger partial charge on any atom is -0.338 e. The van der Waals surface area contributed by atoms with Gasteiger partial charge in [-0.05, 0) is 36.6 Å². The van der Waals surface area contributed by atoms with Crippen molar-refractivity contribution in [3.8, 4) is 0 Å². The number of carbonyl (C=O) groups excluding carboxylic acids is 1. The summed E-state index contributed by atoms with van der Waals surface area (Å²) in [7, 11) is -3.33. The first kappa shape index (κ1) is 18.8. The largest absolute Gasteiger partial charge is 0.338 e. The van der Waals surface area contributed by atoms with E-state index in [1.165, 1.54) is 0 Å². The van der Waals surface area contributed by atoms with Gasteiger partial charge in [0.1, 0.15) is 0 Å². The molecule has 2 amide bonds. The van der Waals surface area contributed by atoms with Crippen molar-refractivity contribution in [3.63, 3.8) is 0 Å². The summed E-state index contributed by atoms with van der Waals surface area (Å²) in [6.07, 6.45) is 1.86. The highest BCUT2D eigenvalue weighted by atomic mass is 32.2. The Morgan fingerprint density at radius 2 is 1.80 bits per heavy atom. The molecule has 0 radical (unpaired) electrons. The van der Waals surface area contributed by atoms with Gasteiger partial charge in [0, 0.05) is 12.2 Å². The molecule has 2 aromatic carbocycles. The van der Waals surface area contributed by atoms with Gasteiger partial charge in [-0.1, -0.05) is 42.5 Å². The molecule has 2 rings (SSSR count). The summed E-state index contributed by atoms with van der Waals surface area (Å²) in [6.45, 7) is 2.38. The van der Waals surface area contributed by atoms with Gasteiger partial charge in [0.05, 0.1) is 12.3 Å². The van der Waals surface area contributed by atoms with E-state index in [1.807, 2.05) is 43.3 Å². The van der Waals surface area contributed by atoms with Crippen LogP contribution in [-0.2, 0) is 16.4 Å². The second-order valence-corrected chi connectivity index (χ2v) is 7.61. The van der Waals surface area contributed by atoms with Crippen LogP contribution in [0.4, 0.5) is 10.5 Å². The third kappa shape index (κ3) is 6.84. The Bertz CT molecular complexity index is 807. The molecular weight excluding hydrogens is 338 g/mol. The standard InChI is InChI=1S/C18H23N3O3S/c1-14(16-9-6-10-17(13-16)21-25(2,23)24)20-18(22)19-12-11-15-7-4-3-5-8-15/h3-10,13-14,21H,11-12H2,1-2H3,(H2,19,20,22)/t14-/m1/s1. The quantitative estimate of drug-likeness (QED) is 0.708. The Balaban J connectivity index is 1.85. The van der Waals surface area contributed by atoms with Crippen LogP contribution in [0.1, 0.15) is 24.1 Å². The van der Waals surface area contributed by atoms with Gasteiger partial charge in [0.2, 0.25) is 10.0 Å². The van der Waals surface area contributed by atoms with E-state index in [0.717, 1.165) is 23.8 Å². The molecule has 2 aromatic rings. The second-order valence-electron chi connectivity index (χ2n) is 5.86. The molecule has 6 nitrogen and oxygen atoms in total. The van der Waals surface area contributed by atoms with Crippen LogP contribution in [0.25, 0.3) is 0 Å². The number of carbonyl (C=O) groups is 1. The van der Waals surface area contributed by atoms with Crippen molar-refractivity contribution in [1.82, 2.24) is 10.6 Å². The summed E-state index contributed by atoms with van der Waals surface area (Å²) in [5.74, 6) is 0. The van der Waals surface area contributed by atoms with Crippen LogP contribution in [-0.4, -0.2) is 27.2 Å². The molecule has 0 spiro atoms. The lowest BCUT2D eigenvalue weighted by molar-refractivity contribution is 0.238. The van der Waals surface area contributed by atoms with Crippen molar-refractivity contribution in [2.75, 3.05) is 17.5 Å². The minimum atomic E-state index is -3.33. The van der Waals surface area contributed by atoms with E-state index in [0.29, 0.717) is 12.2 Å². The van der Waals surface area contributed by atoms with E-state index in [-0.39, 0.29) is 12.1 Å². The summed E-state index contributed by atoms with van der Waals surface area (Å²) in [5.41, 5.74) is 2.44. The Morgan fingerprint density at radius 1 is 1.08 bits per heavy atom. The highest BCUT2D eigenvalue weighted by molar-refractivity contribution is 7.92. The van der Waals surface area contributed by atoms with Crippen molar-refractivity contribution in [2.24, 2.45) is 0 Å². The average Bonchev–Trinajstić information content (AvgIpc) is 2.54. The number of urea groups is 1. The van der Waals surface area contributed by atoms with Crippen LogP contribution in [0.5, 0.6) is 0 Å². The molecule has 0 aliphatic carbocycles. The molecule has 0 unspecified atom stereocenters. The number of hydrogen-bond donors (Lipinski definition) is 3. The fourth-order valence-electron chi connectivity index (χ4n) is 2.38. The van der Waals surface area contributed by atoms with Crippen LogP contribution in [0.2, 0.25) is 0 Å². The predicted octanol–water partition coefficient (Wildman–Crippen LogP) is 2.66. The second kappa shape index (κ2) is 8.53. The third-order valence-corrected chi connectivity index (χ3v) is 4.19. The monoisotopic (exact) mass is 361 g/mol. The van der Waals surface area contributed by atoms with E-state index in [1.54, 1.807) is 18.2 Å². The number of benzene rings is 2. The first-order valence-electron chi connectivity index (χ1n) is 7.99. The fourth-order valence-corrected chi connectivity index (χ4v) is 2.94. The summed E-state index contributed by atoms with van der Waals surface area (Å²) in [4.78, 5) is 12.0. The van der Waals surface area contributed by atoms with E-state index >= 15 is 0 Å². The lowest BCUT2D eigenvalue weighted by atomic mass is 10.1. The van der Waals surface area contributed by atoms with Crippen LogP contribution in [0.3, 0.4) is 0 Å². The minimum absolute atomic E-state index is 0.252. The number of rotatable bonds is 7. The van der Waals surface area contributed by atoms with Crippen LogP contribution < -0.4 is 15.4 Å². The molecule has 0 heterocycles. The van der Waals surface area contributed by atoms with Crippen LogP contribution in [0.15, 0.2) is 54.6 Å². The van der Waals surface area contributed by atoms with Gasteiger partial charge >= 0.3 is 6.03 Å². The molecule has 7 heteroatoms. The molecule has 0 aromatic heterocycles. The summed E-state index contributed by atoms with van der Waals surface area (Å²) in [6, 6.07) is 16.4. The average molecular weight is 361 g/mol. The Labute approximate surface area is 148 Å². The first-order valence-corrected chi connectivity index (χ1v) is 9.89. The molecule has 134 valence electrons. The van der Waals surface area contributed by atoms with Gasteiger partial charge < -0.3 is 10.6 Å². The number of sulfonamides is 1. The van der Waals surface area contributed by atoms with Gasteiger partial charge in [0.15, 0.2) is 0 Å². The SMILES string of the molecule is C[C@@H](NC(=O)NCCc1ccccc1)c1cccc(NS(C)(=O)=O)c1. The molecule has 0 saturated heterocycles. The number of anilines is 1. The predicted molar refractivity (Wildman–Crippen MR) is 100 cm³/mol. The van der Waals surface area contributed by atoms with Crippen LogP contribution in [0, 0.1) is 0 Å². The number of nitrogens with one attached hydrogen (secondary N) is 3. The lowest BCUT2D eigenvalue weighted by Gasteiger charge is -2.16. The van der Waals surface area contributed by atoms with E-state index < -0.39 is 10.0 Å². The summed E-state index contributed by atoms with van der Waals surface area (Å²) >= 11 is 0. The molecule has 1 atom stereocenters. The maximum atomic E-state index is 12.0. The van der Waals surface area contributed by atoms with E-state index in [4.69, 9.17) is 0 Å². The number of hydrogen-bond acceptors (Lipinski definition) is 3. The maximum Gasteiger partial charge on any atom is 0.315 e. The molecule has 0 bridgehead atoms. The molecule has 25 heavy (non-hydrogen) atoms. The van der Waals surface area contributed by atoms with Gasteiger partial charge in [-0.3, -0.25) is 4.72 Å². The van der Waals surface area contributed by atoms with Gasteiger partial charge in [-0.2, -0.15) is 0 Å². The Kier molecular flexibility index (Phi) is 6.41. The Morgan fingerprint density at radius 3 is 2.48 bits per heavy atom. The highest BCUT2D eigenvalue weighted by Gasteiger charge is 2.10. The molecule has 0 saturated carbocycles. The first-order chi connectivity index (χ1) is 11.8. The van der Waals surface area contributed by atoms with Crippen molar-refractivity contribution in [1.29, 1.82) is 0 Å². The van der Waals surface area contributed by atoms with Crippen molar-refractivity contribution in [2.45, 2.75) is 19.4 Å². The topological polar surface area (TPSA) is 87.3 Å². The van der Waals surface area contributed by atoms with Gasteiger partial charge in [0.25, 0.3) is 0 Å². The maximum absolute atomic E-state index is 12.0. The zero-order chi connectivity index (χ0) is 18.3.